The number of ether oxygens (including phenoxy) is 1. The highest BCUT2D eigenvalue weighted by Gasteiger charge is 2.31. The van der Waals surface area contributed by atoms with E-state index in [0.717, 1.165) is 46.9 Å². The number of hydrogen-bond acceptors (Lipinski definition) is 6. The molecule has 7 nitrogen and oxygen atoms in total. The van der Waals surface area contributed by atoms with Gasteiger partial charge in [-0.2, -0.15) is 10.1 Å². The zero-order valence-corrected chi connectivity index (χ0v) is 18.9. The standard InChI is InChI=1S/C24H25N5O2S/c1-15(2)29-24(26-14-27-29)28-13-20-19-7-6-18(12-21(19)31-9-8-22(20)32-28)17-5-3-4-16(10-17)11-23(25)30/h3-7,10,12,14-15H,8-9,11,13H2,1-2H3,(H2,25,30). The number of aromatic nitrogens is 3. The Hall–Kier alpha value is -3.26. The van der Waals surface area contributed by atoms with Gasteiger partial charge in [0.25, 0.3) is 0 Å². The predicted molar refractivity (Wildman–Crippen MR) is 127 cm³/mol. The largest absolute Gasteiger partial charge is 0.493 e. The SMILES string of the molecule is CC(C)n1ncnc1N1CC2=C(CCOc3cc(-c4cccc(CC(N)=O)c4)ccc32)S1. The van der Waals surface area contributed by atoms with E-state index in [9.17, 15) is 4.79 Å². The number of carbonyl (C=O) groups excluding carboxylic acids is 1. The van der Waals surface area contributed by atoms with Crippen molar-refractivity contribution in [1.29, 1.82) is 0 Å². The highest BCUT2D eigenvalue weighted by Crippen LogP contribution is 2.46. The number of rotatable bonds is 5. The van der Waals surface area contributed by atoms with Crippen molar-refractivity contribution in [2.75, 3.05) is 17.5 Å². The molecule has 0 fully saturated rings. The number of hydrogen-bond donors (Lipinski definition) is 1. The van der Waals surface area contributed by atoms with Crippen molar-refractivity contribution in [3.63, 3.8) is 0 Å². The van der Waals surface area contributed by atoms with Crippen LogP contribution < -0.4 is 14.8 Å². The van der Waals surface area contributed by atoms with Crippen LogP contribution in [0.3, 0.4) is 0 Å². The van der Waals surface area contributed by atoms with E-state index in [1.54, 1.807) is 18.3 Å². The lowest BCUT2D eigenvalue weighted by atomic mass is 9.97. The monoisotopic (exact) mass is 447 g/mol. The van der Waals surface area contributed by atoms with E-state index in [1.165, 1.54) is 10.5 Å². The molecule has 1 amide bonds. The quantitative estimate of drug-likeness (QED) is 0.590. The van der Waals surface area contributed by atoms with Gasteiger partial charge in [0.05, 0.1) is 25.6 Å². The van der Waals surface area contributed by atoms with E-state index in [-0.39, 0.29) is 18.4 Å². The Labute approximate surface area is 191 Å². The molecule has 0 saturated carbocycles. The van der Waals surface area contributed by atoms with Gasteiger partial charge in [-0.25, -0.2) is 4.68 Å². The third-order valence-electron chi connectivity index (χ3n) is 5.66. The first-order valence-electron chi connectivity index (χ1n) is 10.7. The van der Waals surface area contributed by atoms with Crippen LogP contribution in [0.2, 0.25) is 0 Å². The summed E-state index contributed by atoms with van der Waals surface area (Å²) in [5.41, 5.74) is 10.8. The number of benzene rings is 2. The summed E-state index contributed by atoms with van der Waals surface area (Å²) in [6.07, 6.45) is 2.72. The van der Waals surface area contributed by atoms with Crippen LogP contribution in [0.4, 0.5) is 5.95 Å². The van der Waals surface area contributed by atoms with Crippen LogP contribution in [0.15, 0.2) is 53.7 Å². The zero-order chi connectivity index (χ0) is 22.2. The molecule has 5 rings (SSSR count). The van der Waals surface area contributed by atoms with Gasteiger partial charge in [-0.15, -0.1) is 0 Å². The average Bonchev–Trinajstić information content (AvgIpc) is 3.38. The van der Waals surface area contributed by atoms with Crippen molar-refractivity contribution in [1.82, 2.24) is 14.8 Å². The van der Waals surface area contributed by atoms with Gasteiger partial charge in [-0.3, -0.25) is 9.10 Å². The molecule has 2 aromatic carbocycles. The fraction of sp³-hybridized carbons (Fsp3) is 0.292. The summed E-state index contributed by atoms with van der Waals surface area (Å²) in [4.78, 5) is 17.1. The molecule has 3 heterocycles. The molecular weight excluding hydrogens is 422 g/mol. The van der Waals surface area contributed by atoms with Gasteiger partial charge in [0.2, 0.25) is 11.9 Å². The number of nitrogens with zero attached hydrogens (tertiary/aromatic N) is 4. The van der Waals surface area contributed by atoms with Gasteiger partial charge in [0.15, 0.2) is 0 Å². The Morgan fingerprint density at radius 3 is 2.88 bits per heavy atom. The van der Waals surface area contributed by atoms with Crippen molar-refractivity contribution >= 4 is 29.4 Å². The molecule has 2 N–H and O–H groups in total. The summed E-state index contributed by atoms with van der Waals surface area (Å²) in [7, 11) is 0. The minimum Gasteiger partial charge on any atom is -0.493 e. The molecule has 0 spiro atoms. The van der Waals surface area contributed by atoms with Crippen molar-refractivity contribution in [3.8, 4) is 16.9 Å². The van der Waals surface area contributed by atoms with Gasteiger partial charge in [0, 0.05) is 16.9 Å². The molecule has 0 radical (unpaired) electrons. The first-order valence-corrected chi connectivity index (χ1v) is 11.5. The first kappa shape index (κ1) is 20.6. The van der Waals surface area contributed by atoms with E-state index in [1.807, 2.05) is 28.9 Å². The van der Waals surface area contributed by atoms with Gasteiger partial charge in [-0.05, 0) is 54.1 Å². The molecule has 32 heavy (non-hydrogen) atoms. The third kappa shape index (κ3) is 3.86. The normalized spacial score (nSPS) is 15.4. The number of anilines is 1. The molecule has 0 unspecified atom stereocenters. The summed E-state index contributed by atoms with van der Waals surface area (Å²) in [5, 5.41) is 4.39. The summed E-state index contributed by atoms with van der Waals surface area (Å²) in [5.74, 6) is 1.44. The van der Waals surface area contributed by atoms with E-state index in [4.69, 9.17) is 10.5 Å². The van der Waals surface area contributed by atoms with Crippen LogP contribution in [0, 0.1) is 0 Å². The number of amides is 1. The van der Waals surface area contributed by atoms with Crippen molar-refractivity contribution in [2.45, 2.75) is 32.7 Å². The fourth-order valence-corrected chi connectivity index (χ4v) is 5.30. The minimum absolute atomic E-state index is 0.236. The van der Waals surface area contributed by atoms with E-state index < -0.39 is 0 Å². The van der Waals surface area contributed by atoms with Crippen LogP contribution in [-0.2, 0) is 11.2 Å². The fourth-order valence-electron chi connectivity index (χ4n) is 4.17. The van der Waals surface area contributed by atoms with E-state index in [2.05, 4.69) is 46.4 Å². The number of carbonyl (C=O) groups is 1. The molecule has 0 bridgehead atoms. The Kier molecular flexibility index (Phi) is 5.38. The molecule has 2 aliphatic heterocycles. The highest BCUT2D eigenvalue weighted by atomic mass is 32.2. The molecule has 1 aromatic heterocycles. The van der Waals surface area contributed by atoms with Crippen molar-refractivity contribution < 1.29 is 9.53 Å². The summed E-state index contributed by atoms with van der Waals surface area (Å²) in [6.45, 7) is 5.62. The van der Waals surface area contributed by atoms with Crippen LogP contribution >= 0.6 is 11.9 Å². The van der Waals surface area contributed by atoms with Crippen LogP contribution in [0.1, 0.15) is 37.4 Å². The molecule has 0 saturated heterocycles. The van der Waals surface area contributed by atoms with Gasteiger partial charge in [-0.1, -0.05) is 36.4 Å². The van der Waals surface area contributed by atoms with Crippen molar-refractivity contribution in [3.05, 3.63) is 64.8 Å². The van der Waals surface area contributed by atoms with Crippen molar-refractivity contribution in [2.24, 2.45) is 5.73 Å². The van der Waals surface area contributed by atoms with Crippen LogP contribution in [0.5, 0.6) is 5.75 Å². The third-order valence-corrected chi connectivity index (χ3v) is 6.84. The lowest BCUT2D eigenvalue weighted by molar-refractivity contribution is -0.117. The Bertz CT molecular complexity index is 1220. The van der Waals surface area contributed by atoms with Gasteiger partial charge < -0.3 is 10.5 Å². The van der Waals surface area contributed by atoms with Gasteiger partial charge in [0.1, 0.15) is 12.1 Å². The van der Waals surface area contributed by atoms with Gasteiger partial charge >= 0.3 is 0 Å². The second-order valence-electron chi connectivity index (χ2n) is 8.28. The molecule has 0 aliphatic carbocycles. The lowest BCUT2D eigenvalue weighted by Crippen LogP contribution is -2.19. The number of fused-ring (bicyclic) bond motifs is 2. The second-order valence-corrected chi connectivity index (χ2v) is 9.40. The molecular formula is C24H25N5O2S. The highest BCUT2D eigenvalue weighted by molar-refractivity contribution is 8.04. The Morgan fingerprint density at radius 2 is 2.06 bits per heavy atom. The Morgan fingerprint density at radius 1 is 1.22 bits per heavy atom. The zero-order valence-electron chi connectivity index (χ0n) is 18.1. The molecule has 2 aliphatic rings. The summed E-state index contributed by atoms with van der Waals surface area (Å²) in [6, 6.07) is 14.5. The molecule has 164 valence electrons. The molecule has 0 atom stereocenters. The topological polar surface area (TPSA) is 86.3 Å². The molecule has 8 heteroatoms. The molecule has 3 aromatic rings. The summed E-state index contributed by atoms with van der Waals surface area (Å²) >= 11 is 1.73. The van der Waals surface area contributed by atoms with Crippen LogP contribution in [0.25, 0.3) is 16.7 Å². The van der Waals surface area contributed by atoms with Crippen LogP contribution in [-0.4, -0.2) is 33.8 Å². The second kappa shape index (κ2) is 8.35. The Balaban J connectivity index is 1.45. The minimum atomic E-state index is -0.330. The maximum Gasteiger partial charge on any atom is 0.234 e. The maximum atomic E-state index is 11.3. The maximum absolute atomic E-state index is 11.3. The average molecular weight is 448 g/mol. The smallest absolute Gasteiger partial charge is 0.234 e. The summed E-state index contributed by atoms with van der Waals surface area (Å²) < 4.78 is 10.3. The lowest BCUT2D eigenvalue weighted by Gasteiger charge is -2.20. The van der Waals surface area contributed by atoms with E-state index in [0.29, 0.717) is 6.61 Å². The number of primary amides is 1. The predicted octanol–water partition coefficient (Wildman–Crippen LogP) is 4.22. The first-order chi connectivity index (χ1) is 15.5. The number of nitrogens with two attached hydrogens (primary N) is 1. The van der Waals surface area contributed by atoms with E-state index >= 15 is 0 Å².